The Labute approximate surface area is 128 Å². The first-order chi connectivity index (χ1) is 9.43. The van der Waals surface area contributed by atoms with E-state index in [-0.39, 0.29) is 16.3 Å². The van der Waals surface area contributed by atoms with Crippen LogP contribution < -0.4 is 4.72 Å². The van der Waals surface area contributed by atoms with E-state index < -0.39 is 33.3 Å². The number of hydrogen-bond donors (Lipinski definition) is 2. The lowest BCUT2D eigenvalue weighted by Crippen LogP contribution is -2.45. The van der Waals surface area contributed by atoms with Crippen molar-refractivity contribution < 1.29 is 22.7 Å². The van der Waals surface area contributed by atoms with Crippen LogP contribution in [0.1, 0.15) is 27.2 Å². The molecule has 1 aromatic carbocycles. The summed E-state index contributed by atoms with van der Waals surface area (Å²) in [6.07, 6.45) is -0.373. The first kappa shape index (κ1) is 17.9. The number of hydrogen-bond acceptors (Lipinski definition) is 3. The van der Waals surface area contributed by atoms with Gasteiger partial charge in [0.1, 0.15) is 10.7 Å². The van der Waals surface area contributed by atoms with Gasteiger partial charge >= 0.3 is 5.97 Å². The summed E-state index contributed by atoms with van der Waals surface area (Å²) in [5.41, 5.74) is -0.613. The zero-order valence-electron chi connectivity index (χ0n) is 11.9. The van der Waals surface area contributed by atoms with E-state index in [0.717, 1.165) is 18.2 Å². The van der Waals surface area contributed by atoms with Crippen LogP contribution in [-0.4, -0.2) is 25.5 Å². The third-order valence-corrected chi connectivity index (χ3v) is 4.86. The fourth-order valence-electron chi connectivity index (χ4n) is 1.64. The average Bonchev–Trinajstić information content (AvgIpc) is 2.24. The molecule has 0 bridgehead atoms. The molecule has 2 N–H and O–H groups in total. The SMILES string of the molecule is CC(C)(C)C(CC(=O)O)NS(=O)(=O)c1ccc(F)cc1Cl. The first-order valence-corrected chi connectivity index (χ1v) is 7.99. The minimum Gasteiger partial charge on any atom is -0.481 e. The Morgan fingerprint density at radius 3 is 2.43 bits per heavy atom. The molecule has 0 saturated heterocycles. The van der Waals surface area contributed by atoms with Gasteiger partial charge in [-0.25, -0.2) is 17.5 Å². The Bertz CT molecular complexity index is 640. The lowest BCUT2D eigenvalue weighted by atomic mass is 9.85. The summed E-state index contributed by atoms with van der Waals surface area (Å²) in [7, 11) is -4.05. The summed E-state index contributed by atoms with van der Waals surface area (Å²) in [5.74, 6) is -1.78. The second-order valence-corrected chi connectivity index (χ2v) is 7.80. The van der Waals surface area contributed by atoms with E-state index in [2.05, 4.69) is 4.72 Å². The minimum absolute atomic E-state index is 0.259. The number of carbonyl (C=O) groups is 1. The van der Waals surface area contributed by atoms with Gasteiger partial charge in [-0.05, 0) is 23.6 Å². The van der Waals surface area contributed by atoms with Crippen LogP contribution in [0.4, 0.5) is 4.39 Å². The summed E-state index contributed by atoms with van der Waals surface area (Å²) in [5, 5.41) is 8.64. The fraction of sp³-hybridized carbons (Fsp3) is 0.462. The molecule has 0 aliphatic carbocycles. The second kappa shape index (κ2) is 6.29. The molecule has 0 heterocycles. The van der Waals surface area contributed by atoms with Crippen molar-refractivity contribution in [2.45, 2.75) is 38.1 Å². The summed E-state index contributed by atoms with van der Waals surface area (Å²) in [6, 6.07) is 2.07. The Morgan fingerprint density at radius 2 is 2.00 bits per heavy atom. The Balaban J connectivity index is 3.14. The number of rotatable bonds is 5. The van der Waals surface area contributed by atoms with Crippen molar-refractivity contribution >= 4 is 27.6 Å². The van der Waals surface area contributed by atoms with Gasteiger partial charge in [-0.1, -0.05) is 32.4 Å². The van der Waals surface area contributed by atoms with E-state index in [4.69, 9.17) is 16.7 Å². The predicted molar refractivity (Wildman–Crippen MR) is 77.2 cm³/mol. The summed E-state index contributed by atoms with van der Waals surface area (Å²) in [6.45, 7) is 5.15. The largest absolute Gasteiger partial charge is 0.481 e. The number of benzene rings is 1. The molecule has 0 amide bonds. The van der Waals surface area contributed by atoms with Gasteiger partial charge in [0.15, 0.2) is 0 Å². The smallest absolute Gasteiger partial charge is 0.304 e. The summed E-state index contributed by atoms with van der Waals surface area (Å²) < 4.78 is 39.9. The normalized spacial score (nSPS) is 14.0. The van der Waals surface area contributed by atoms with E-state index in [0.29, 0.717) is 0 Å². The van der Waals surface area contributed by atoms with Crippen molar-refractivity contribution in [2.24, 2.45) is 5.41 Å². The predicted octanol–water partition coefficient (Wildman–Crippen LogP) is 2.65. The lowest BCUT2D eigenvalue weighted by Gasteiger charge is -2.30. The molecule has 8 heteroatoms. The molecule has 0 aliphatic heterocycles. The fourth-order valence-corrected chi connectivity index (χ4v) is 3.62. The van der Waals surface area contributed by atoms with Crippen LogP contribution in [0.3, 0.4) is 0 Å². The zero-order chi connectivity index (χ0) is 16.4. The standard InChI is InChI=1S/C13H17ClFNO4S/c1-13(2,3)11(7-12(17)18)16-21(19,20)10-5-4-8(15)6-9(10)14/h4-6,11,16H,7H2,1-3H3,(H,17,18). The molecule has 0 fully saturated rings. The van der Waals surface area contributed by atoms with E-state index in [9.17, 15) is 17.6 Å². The molecule has 0 radical (unpaired) electrons. The van der Waals surface area contributed by atoms with Gasteiger partial charge in [0.25, 0.3) is 0 Å². The molecule has 21 heavy (non-hydrogen) atoms. The van der Waals surface area contributed by atoms with Crippen LogP contribution in [0.25, 0.3) is 0 Å². The van der Waals surface area contributed by atoms with E-state index in [1.807, 2.05) is 0 Å². The van der Waals surface area contributed by atoms with Gasteiger partial charge in [0.2, 0.25) is 10.0 Å². The van der Waals surface area contributed by atoms with Crippen LogP contribution in [-0.2, 0) is 14.8 Å². The maximum absolute atomic E-state index is 13.0. The van der Waals surface area contributed by atoms with Crippen molar-refractivity contribution in [3.8, 4) is 0 Å². The van der Waals surface area contributed by atoms with Crippen LogP contribution in [0.5, 0.6) is 0 Å². The molecule has 5 nitrogen and oxygen atoms in total. The Morgan fingerprint density at radius 1 is 1.43 bits per heavy atom. The van der Waals surface area contributed by atoms with Crippen molar-refractivity contribution in [1.29, 1.82) is 0 Å². The van der Waals surface area contributed by atoms with Gasteiger partial charge in [-0.3, -0.25) is 4.79 Å². The quantitative estimate of drug-likeness (QED) is 0.865. The molecule has 1 unspecified atom stereocenters. The maximum atomic E-state index is 13.0. The van der Waals surface area contributed by atoms with Crippen molar-refractivity contribution in [2.75, 3.05) is 0 Å². The highest BCUT2D eigenvalue weighted by atomic mass is 35.5. The van der Waals surface area contributed by atoms with E-state index in [1.165, 1.54) is 0 Å². The Hall–Kier alpha value is -1.18. The Kier molecular flexibility index (Phi) is 5.35. The molecule has 1 rings (SSSR count). The number of sulfonamides is 1. The minimum atomic E-state index is -4.05. The van der Waals surface area contributed by atoms with Gasteiger partial charge in [0.05, 0.1) is 11.4 Å². The number of nitrogens with one attached hydrogen (secondary N) is 1. The van der Waals surface area contributed by atoms with Crippen LogP contribution in [0.2, 0.25) is 5.02 Å². The molecule has 0 aromatic heterocycles. The molecule has 1 atom stereocenters. The highest BCUT2D eigenvalue weighted by molar-refractivity contribution is 7.89. The van der Waals surface area contributed by atoms with Gasteiger partial charge in [0, 0.05) is 6.04 Å². The molecule has 1 aromatic rings. The summed E-state index contributed by atoms with van der Waals surface area (Å²) in [4.78, 5) is 10.6. The number of halogens is 2. The van der Waals surface area contributed by atoms with Crippen molar-refractivity contribution in [3.05, 3.63) is 29.0 Å². The zero-order valence-corrected chi connectivity index (χ0v) is 13.4. The summed E-state index contributed by atoms with van der Waals surface area (Å²) >= 11 is 5.74. The van der Waals surface area contributed by atoms with E-state index in [1.54, 1.807) is 20.8 Å². The highest BCUT2D eigenvalue weighted by Crippen LogP contribution is 2.27. The number of carboxylic acids is 1. The van der Waals surface area contributed by atoms with Crippen LogP contribution in [0.15, 0.2) is 23.1 Å². The van der Waals surface area contributed by atoms with Gasteiger partial charge < -0.3 is 5.11 Å². The number of aliphatic carboxylic acids is 1. The molecular weight excluding hydrogens is 321 g/mol. The van der Waals surface area contributed by atoms with Gasteiger partial charge in [-0.15, -0.1) is 0 Å². The maximum Gasteiger partial charge on any atom is 0.304 e. The third kappa shape index (κ3) is 4.94. The van der Waals surface area contributed by atoms with Crippen LogP contribution in [0, 0.1) is 11.2 Å². The van der Waals surface area contributed by atoms with E-state index >= 15 is 0 Å². The second-order valence-electron chi connectivity index (χ2n) is 5.71. The first-order valence-electron chi connectivity index (χ1n) is 6.12. The molecular formula is C13H17ClFNO4S. The third-order valence-electron chi connectivity index (χ3n) is 2.90. The lowest BCUT2D eigenvalue weighted by molar-refractivity contribution is -0.138. The number of carboxylic acid groups (broad SMARTS) is 1. The monoisotopic (exact) mass is 337 g/mol. The molecule has 118 valence electrons. The van der Waals surface area contributed by atoms with Gasteiger partial charge in [-0.2, -0.15) is 0 Å². The molecule has 0 spiro atoms. The van der Waals surface area contributed by atoms with Crippen LogP contribution >= 0.6 is 11.6 Å². The molecule has 0 saturated carbocycles. The highest BCUT2D eigenvalue weighted by Gasteiger charge is 2.32. The topological polar surface area (TPSA) is 83.5 Å². The molecule has 0 aliphatic rings. The van der Waals surface area contributed by atoms with Crippen molar-refractivity contribution in [1.82, 2.24) is 4.72 Å². The van der Waals surface area contributed by atoms with Crippen molar-refractivity contribution in [3.63, 3.8) is 0 Å². The average molecular weight is 338 g/mol.